The maximum Gasteiger partial charge on any atom is 0.235 e. The van der Waals surface area contributed by atoms with Gasteiger partial charge >= 0.3 is 0 Å². The zero-order valence-corrected chi connectivity index (χ0v) is 13.9. The number of nitrogens with two attached hydrogens (primary N) is 1. The molecule has 0 spiro atoms. The quantitative estimate of drug-likeness (QED) is 0.505. The number of rotatable bonds is 10. The number of halogens is 1. The summed E-state index contributed by atoms with van der Waals surface area (Å²) in [6.07, 6.45) is 0.637. The first-order valence-corrected chi connectivity index (χ1v) is 7.99. The van der Waals surface area contributed by atoms with Gasteiger partial charge in [0.15, 0.2) is 0 Å². The van der Waals surface area contributed by atoms with E-state index in [4.69, 9.17) is 10.5 Å². The molecule has 0 aliphatic heterocycles. The lowest BCUT2D eigenvalue weighted by Gasteiger charge is -2.10. The molecule has 0 aromatic heterocycles. The standard InChI is InChI=1S/C11H25N3O4S.ClH/c1-9(2)18-6-7-19(16,17)14-8-11(15)13-5-4-10(3)12;/h9-10,14H,4-8,12H2,1-3H3,(H,13,15);1H. The largest absolute Gasteiger partial charge is 0.378 e. The van der Waals surface area contributed by atoms with Gasteiger partial charge in [-0.05, 0) is 27.2 Å². The second-order valence-corrected chi connectivity index (χ2v) is 6.60. The summed E-state index contributed by atoms with van der Waals surface area (Å²) in [6, 6.07) is 0.00479. The van der Waals surface area contributed by atoms with Gasteiger partial charge in [-0.25, -0.2) is 13.1 Å². The van der Waals surface area contributed by atoms with Crippen molar-refractivity contribution in [1.82, 2.24) is 10.0 Å². The van der Waals surface area contributed by atoms with Gasteiger partial charge in [-0.3, -0.25) is 4.79 Å². The molecule has 9 heteroatoms. The van der Waals surface area contributed by atoms with Crippen LogP contribution in [0.3, 0.4) is 0 Å². The van der Waals surface area contributed by atoms with Gasteiger partial charge < -0.3 is 15.8 Å². The van der Waals surface area contributed by atoms with Crippen molar-refractivity contribution in [2.75, 3.05) is 25.4 Å². The molecule has 7 nitrogen and oxygen atoms in total. The molecule has 1 atom stereocenters. The van der Waals surface area contributed by atoms with E-state index < -0.39 is 10.0 Å². The molecule has 0 radical (unpaired) electrons. The molecule has 0 fully saturated rings. The molecule has 0 aromatic rings. The van der Waals surface area contributed by atoms with Crippen LogP contribution in [0.25, 0.3) is 0 Å². The average Bonchev–Trinajstić information content (AvgIpc) is 2.25. The first kappa shape index (κ1) is 21.9. The van der Waals surface area contributed by atoms with Gasteiger partial charge in [0.25, 0.3) is 0 Å². The highest BCUT2D eigenvalue weighted by Crippen LogP contribution is 1.90. The summed E-state index contributed by atoms with van der Waals surface area (Å²) < 4.78 is 30.4. The van der Waals surface area contributed by atoms with Crippen LogP contribution in [0.4, 0.5) is 0 Å². The van der Waals surface area contributed by atoms with E-state index in [0.717, 1.165) is 0 Å². The van der Waals surface area contributed by atoms with E-state index in [0.29, 0.717) is 13.0 Å². The lowest BCUT2D eigenvalue weighted by Crippen LogP contribution is -2.39. The molecule has 0 aromatic carbocycles. The number of amides is 1. The lowest BCUT2D eigenvalue weighted by molar-refractivity contribution is -0.119. The summed E-state index contributed by atoms with van der Waals surface area (Å²) in [4.78, 5) is 11.3. The number of ether oxygens (including phenoxy) is 1. The van der Waals surface area contributed by atoms with Gasteiger partial charge in [0.2, 0.25) is 15.9 Å². The maximum absolute atomic E-state index is 11.5. The van der Waals surface area contributed by atoms with Crippen LogP contribution >= 0.6 is 12.4 Å². The fourth-order valence-corrected chi connectivity index (χ4v) is 1.95. The minimum atomic E-state index is -3.47. The van der Waals surface area contributed by atoms with Gasteiger partial charge in [0, 0.05) is 12.6 Å². The molecule has 20 heavy (non-hydrogen) atoms. The number of carbonyl (C=O) groups excluding carboxylic acids is 1. The van der Waals surface area contributed by atoms with Crippen molar-refractivity contribution in [2.24, 2.45) is 5.73 Å². The average molecular weight is 332 g/mol. The summed E-state index contributed by atoms with van der Waals surface area (Å²) in [5.41, 5.74) is 5.52. The van der Waals surface area contributed by atoms with E-state index in [1.165, 1.54) is 0 Å². The Labute approximate surface area is 127 Å². The Morgan fingerprint density at radius 2 is 1.90 bits per heavy atom. The van der Waals surface area contributed by atoms with Crippen LogP contribution in [0.2, 0.25) is 0 Å². The van der Waals surface area contributed by atoms with Crippen LogP contribution in [0, 0.1) is 0 Å². The van der Waals surface area contributed by atoms with Crippen LogP contribution in [0.15, 0.2) is 0 Å². The van der Waals surface area contributed by atoms with Crippen molar-refractivity contribution >= 4 is 28.3 Å². The topological polar surface area (TPSA) is 111 Å². The number of hydrogen-bond donors (Lipinski definition) is 3. The number of carbonyl (C=O) groups is 1. The van der Waals surface area contributed by atoms with Crippen molar-refractivity contribution in [2.45, 2.75) is 39.3 Å². The zero-order valence-electron chi connectivity index (χ0n) is 12.2. The highest BCUT2D eigenvalue weighted by molar-refractivity contribution is 7.89. The van der Waals surface area contributed by atoms with E-state index in [1.54, 1.807) is 0 Å². The molecule has 0 rings (SSSR count). The minimum Gasteiger partial charge on any atom is -0.378 e. The fraction of sp³-hybridized carbons (Fsp3) is 0.909. The zero-order chi connectivity index (χ0) is 14.9. The van der Waals surface area contributed by atoms with Crippen molar-refractivity contribution in [3.8, 4) is 0 Å². The molecular formula is C11H26ClN3O4S. The Bertz CT molecular complexity index is 361. The van der Waals surface area contributed by atoms with E-state index in [1.807, 2.05) is 20.8 Å². The lowest BCUT2D eigenvalue weighted by atomic mass is 10.2. The maximum atomic E-state index is 11.5. The van der Waals surface area contributed by atoms with Crippen molar-refractivity contribution < 1.29 is 17.9 Å². The molecule has 0 saturated carbocycles. The minimum absolute atomic E-state index is 0. The smallest absolute Gasteiger partial charge is 0.235 e. The second-order valence-electron chi connectivity index (χ2n) is 4.68. The van der Waals surface area contributed by atoms with Gasteiger partial charge in [0.1, 0.15) is 0 Å². The molecule has 4 N–H and O–H groups in total. The van der Waals surface area contributed by atoms with Crippen LogP contribution < -0.4 is 15.8 Å². The molecule has 1 unspecified atom stereocenters. The van der Waals surface area contributed by atoms with Crippen molar-refractivity contribution in [3.63, 3.8) is 0 Å². The predicted octanol–water partition coefficient (Wildman–Crippen LogP) is -0.394. The van der Waals surface area contributed by atoms with Gasteiger partial charge in [-0.2, -0.15) is 0 Å². The molecule has 122 valence electrons. The second kappa shape index (κ2) is 11.3. The van der Waals surface area contributed by atoms with Crippen molar-refractivity contribution in [3.05, 3.63) is 0 Å². The van der Waals surface area contributed by atoms with Crippen LogP contribution in [0.5, 0.6) is 0 Å². The summed E-state index contributed by atoms with van der Waals surface area (Å²) >= 11 is 0. The summed E-state index contributed by atoms with van der Waals surface area (Å²) in [6.45, 7) is 5.78. The third-order valence-corrected chi connectivity index (χ3v) is 3.47. The monoisotopic (exact) mass is 331 g/mol. The number of sulfonamides is 1. The molecule has 1 amide bonds. The Kier molecular flexibility index (Phi) is 12.3. The van der Waals surface area contributed by atoms with Crippen LogP contribution in [-0.4, -0.2) is 51.9 Å². The third kappa shape index (κ3) is 14.0. The van der Waals surface area contributed by atoms with Gasteiger partial charge in [0.05, 0.1) is 25.0 Å². The number of nitrogens with one attached hydrogen (secondary N) is 2. The fourth-order valence-electron chi connectivity index (χ4n) is 1.14. The summed E-state index contributed by atoms with van der Waals surface area (Å²) in [5, 5.41) is 2.58. The van der Waals surface area contributed by atoms with E-state index in [-0.39, 0.29) is 49.4 Å². The van der Waals surface area contributed by atoms with E-state index >= 15 is 0 Å². The Morgan fingerprint density at radius 3 is 2.40 bits per heavy atom. The molecule has 0 aliphatic rings. The summed E-state index contributed by atoms with van der Waals surface area (Å²) in [7, 11) is -3.47. The van der Waals surface area contributed by atoms with Crippen LogP contribution in [-0.2, 0) is 19.6 Å². The first-order valence-electron chi connectivity index (χ1n) is 6.34. The Hall–Kier alpha value is -0.410. The molecular weight excluding hydrogens is 306 g/mol. The molecule has 0 heterocycles. The van der Waals surface area contributed by atoms with Gasteiger partial charge in [-0.1, -0.05) is 0 Å². The normalized spacial score (nSPS) is 12.8. The van der Waals surface area contributed by atoms with Gasteiger partial charge in [-0.15, -0.1) is 12.4 Å². The summed E-state index contributed by atoms with van der Waals surface area (Å²) in [5.74, 6) is -0.521. The Balaban J connectivity index is 0. The number of hydrogen-bond acceptors (Lipinski definition) is 5. The predicted molar refractivity (Wildman–Crippen MR) is 81.4 cm³/mol. The van der Waals surface area contributed by atoms with Crippen molar-refractivity contribution in [1.29, 1.82) is 0 Å². The van der Waals surface area contributed by atoms with Crippen LogP contribution in [0.1, 0.15) is 27.2 Å². The molecule has 0 bridgehead atoms. The Morgan fingerprint density at radius 1 is 1.30 bits per heavy atom. The molecule has 0 saturated heterocycles. The SMILES string of the molecule is CC(N)CCNC(=O)CNS(=O)(=O)CCOC(C)C.Cl. The first-order chi connectivity index (χ1) is 8.73. The van der Waals surface area contributed by atoms with E-state index in [2.05, 4.69) is 10.0 Å². The highest BCUT2D eigenvalue weighted by Gasteiger charge is 2.12. The van der Waals surface area contributed by atoms with E-state index in [9.17, 15) is 13.2 Å². The highest BCUT2D eigenvalue weighted by atomic mass is 35.5. The molecule has 0 aliphatic carbocycles. The third-order valence-electron chi connectivity index (χ3n) is 2.18.